The zero-order chi connectivity index (χ0) is 20.8. The zero-order valence-corrected chi connectivity index (χ0v) is 16.0. The van der Waals surface area contributed by atoms with Crippen molar-refractivity contribution < 1.29 is 23.9 Å². The van der Waals surface area contributed by atoms with Gasteiger partial charge in [0.05, 0.1) is 22.8 Å². The van der Waals surface area contributed by atoms with Crippen LogP contribution in [0, 0.1) is 18.3 Å². The number of nitrogens with zero attached hydrogens (tertiary/aromatic N) is 2. The molecule has 1 aliphatic rings. The molecule has 0 N–H and O–H groups in total. The first-order chi connectivity index (χ1) is 14.0. The van der Waals surface area contributed by atoms with Gasteiger partial charge in [0, 0.05) is 13.0 Å². The molecule has 29 heavy (non-hydrogen) atoms. The summed E-state index contributed by atoms with van der Waals surface area (Å²) in [5, 5.41) is 8.74. The van der Waals surface area contributed by atoms with Crippen LogP contribution in [-0.2, 0) is 9.53 Å². The Balaban J connectivity index is 1.36. The number of rotatable bonds is 8. The molecule has 0 bridgehead atoms. The van der Waals surface area contributed by atoms with Crippen LogP contribution >= 0.6 is 0 Å². The molecule has 0 radical (unpaired) electrons. The van der Waals surface area contributed by atoms with Crippen molar-refractivity contribution >= 4 is 17.8 Å². The van der Waals surface area contributed by atoms with Gasteiger partial charge in [-0.1, -0.05) is 11.6 Å². The van der Waals surface area contributed by atoms with Gasteiger partial charge in [-0.15, -0.1) is 0 Å². The summed E-state index contributed by atoms with van der Waals surface area (Å²) in [6, 6.07) is 13.8. The smallest absolute Gasteiger partial charge is 0.305 e. The Labute approximate surface area is 168 Å². The van der Waals surface area contributed by atoms with Gasteiger partial charge < -0.3 is 9.47 Å². The molecule has 7 nitrogen and oxygen atoms in total. The summed E-state index contributed by atoms with van der Waals surface area (Å²) >= 11 is 0. The Morgan fingerprint density at radius 3 is 2.48 bits per heavy atom. The summed E-state index contributed by atoms with van der Waals surface area (Å²) in [5.74, 6) is -0.478. The van der Waals surface area contributed by atoms with Crippen LogP contribution in [0.15, 0.2) is 42.5 Å². The standard InChI is InChI=1S/C22H20N2O5/c1-15-4-9-18-19(13-15)22(27)24(21(18)26)10-2-3-20(25)29-12-11-28-17-7-5-16(14-23)6-8-17/h4-9,13H,2-3,10-12H2,1H3. The Hall–Kier alpha value is -3.66. The van der Waals surface area contributed by atoms with Gasteiger partial charge in [-0.05, 0) is 49.7 Å². The van der Waals surface area contributed by atoms with Crippen molar-refractivity contribution in [3.8, 4) is 11.8 Å². The van der Waals surface area contributed by atoms with E-state index in [4.69, 9.17) is 14.7 Å². The summed E-state index contributed by atoms with van der Waals surface area (Å²) in [5.41, 5.74) is 2.27. The minimum Gasteiger partial charge on any atom is -0.490 e. The predicted molar refractivity (Wildman–Crippen MR) is 103 cm³/mol. The van der Waals surface area contributed by atoms with Crippen LogP contribution in [-0.4, -0.2) is 42.4 Å². The van der Waals surface area contributed by atoms with Gasteiger partial charge in [0.1, 0.15) is 19.0 Å². The van der Waals surface area contributed by atoms with E-state index in [1.165, 1.54) is 4.90 Å². The number of nitriles is 1. The van der Waals surface area contributed by atoms with Crippen molar-refractivity contribution in [3.63, 3.8) is 0 Å². The highest BCUT2D eigenvalue weighted by molar-refractivity contribution is 6.21. The third-order valence-electron chi connectivity index (χ3n) is 4.49. The molecule has 148 valence electrons. The van der Waals surface area contributed by atoms with Crippen molar-refractivity contribution in [1.82, 2.24) is 4.90 Å². The maximum absolute atomic E-state index is 12.4. The molecule has 0 saturated carbocycles. The highest BCUT2D eigenvalue weighted by Crippen LogP contribution is 2.24. The average Bonchev–Trinajstić information content (AvgIpc) is 2.96. The zero-order valence-electron chi connectivity index (χ0n) is 16.0. The van der Waals surface area contributed by atoms with E-state index < -0.39 is 5.97 Å². The number of amides is 2. The lowest BCUT2D eigenvalue weighted by Crippen LogP contribution is -2.31. The second-order valence-electron chi connectivity index (χ2n) is 6.62. The molecular weight excluding hydrogens is 372 g/mol. The SMILES string of the molecule is Cc1ccc2c(c1)C(=O)N(CCCC(=O)OCCOc1ccc(C#N)cc1)C2=O. The lowest BCUT2D eigenvalue weighted by atomic mass is 10.1. The molecule has 0 unspecified atom stereocenters. The third kappa shape index (κ3) is 4.79. The maximum Gasteiger partial charge on any atom is 0.305 e. The first-order valence-electron chi connectivity index (χ1n) is 9.25. The number of imide groups is 1. The summed E-state index contributed by atoms with van der Waals surface area (Å²) in [7, 11) is 0. The molecule has 0 spiro atoms. The van der Waals surface area contributed by atoms with E-state index in [1.54, 1.807) is 42.5 Å². The molecule has 1 aliphatic heterocycles. The number of aryl methyl sites for hydroxylation is 1. The highest BCUT2D eigenvalue weighted by atomic mass is 16.6. The second-order valence-corrected chi connectivity index (χ2v) is 6.62. The number of carbonyl (C=O) groups excluding carboxylic acids is 3. The maximum atomic E-state index is 12.4. The number of carbonyl (C=O) groups is 3. The lowest BCUT2D eigenvalue weighted by molar-refractivity contribution is -0.144. The first kappa shape index (κ1) is 20.1. The fourth-order valence-electron chi connectivity index (χ4n) is 3.00. The van der Waals surface area contributed by atoms with E-state index >= 15 is 0 Å². The van der Waals surface area contributed by atoms with Gasteiger partial charge in [0.25, 0.3) is 11.8 Å². The van der Waals surface area contributed by atoms with Gasteiger partial charge in [-0.3, -0.25) is 19.3 Å². The molecular formula is C22H20N2O5. The van der Waals surface area contributed by atoms with Crippen LogP contribution < -0.4 is 4.74 Å². The second kappa shape index (κ2) is 9.02. The molecule has 0 aromatic heterocycles. The Morgan fingerprint density at radius 1 is 1.03 bits per heavy atom. The quantitative estimate of drug-likeness (QED) is 0.389. The Bertz CT molecular complexity index is 976. The molecule has 0 atom stereocenters. The van der Waals surface area contributed by atoms with Crippen LogP contribution in [0.3, 0.4) is 0 Å². The largest absolute Gasteiger partial charge is 0.490 e. The van der Waals surface area contributed by atoms with Gasteiger partial charge >= 0.3 is 5.97 Å². The van der Waals surface area contributed by atoms with Crippen molar-refractivity contribution in [2.75, 3.05) is 19.8 Å². The predicted octanol–water partition coefficient (Wildman–Crippen LogP) is 2.87. The summed E-state index contributed by atoms with van der Waals surface area (Å²) in [6.45, 7) is 2.31. The Kier molecular flexibility index (Phi) is 6.25. The van der Waals surface area contributed by atoms with Gasteiger partial charge in [-0.25, -0.2) is 0 Å². The molecule has 0 fully saturated rings. The number of esters is 1. The fraction of sp³-hybridized carbons (Fsp3) is 0.273. The fourth-order valence-corrected chi connectivity index (χ4v) is 3.00. The minimum atomic E-state index is -0.416. The van der Waals surface area contributed by atoms with Crippen molar-refractivity contribution in [1.29, 1.82) is 5.26 Å². The van der Waals surface area contributed by atoms with E-state index in [0.29, 0.717) is 28.9 Å². The first-order valence-corrected chi connectivity index (χ1v) is 9.25. The van der Waals surface area contributed by atoms with Crippen molar-refractivity contribution in [3.05, 3.63) is 64.7 Å². The monoisotopic (exact) mass is 392 g/mol. The van der Waals surface area contributed by atoms with Crippen LogP contribution in [0.5, 0.6) is 5.75 Å². The number of hydrogen-bond donors (Lipinski definition) is 0. The summed E-state index contributed by atoms with van der Waals surface area (Å²) in [6.07, 6.45) is 0.434. The molecule has 1 heterocycles. The number of fused-ring (bicyclic) bond motifs is 1. The molecule has 0 aliphatic carbocycles. The summed E-state index contributed by atoms with van der Waals surface area (Å²) < 4.78 is 10.5. The van der Waals surface area contributed by atoms with E-state index in [0.717, 1.165) is 5.56 Å². The average molecular weight is 392 g/mol. The van der Waals surface area contributed by atoms with Crippen molar-refractivity contribution in [2.45, 2.75) is 19.8 Å². The molecule has 2 aromatic rings. The van der Waals surface area contributed by atoms with Crippen LogP contribution in [0.2, 0.25) is 0 Å². The molecule has 2 amide bonds. The topological polar surface area (TPSA) is 96.7 Å². The molecule has 2 aromatic carbocycles. The number of hydrogen-bond acceptors (Lipinski definition) is 6. The van der Waals surface area contributed by atoms with Gasteiger partial charge in [0.15, 0.2) is 0 Å². The third-order valence-corrected chi connectivity index (χ3v) is 4.49. The van der Waals surface area contributed by atoms with Gasteiger partial charge in [0.2, 0.25) is 0 Å². The van der Waals surface area contributed by atoms with Crippen LogP contribution in [0.4, 0.5) is 0 Å². The minimum absolute atomic E-state index is 0.0884. The molecule has 3 rings (SSSR count). The van der Waals surface area contributed by atoms with Gasteiger partial charge in [-0.2, -0.15) is 5.26 Å². The van der Waals surface area contributed by atoms with E-state index in [9.17, 15) is 14.4 Å². The number of benzene rings is 2. The van der Waals surface area contributed by atoms with Crippen LogP contribution in [0.1, 0.15) is 44.7 Å². The summed E-state index contributed by atoms with van der Waals surface area (Å²) in [4.78, 5) is 37.7. The van der Waals surface area contributed by atoms with E-state index in [-0.39, 0.29) is 38.0 Å². The highest BCUT2D eigenvalue weighted by Gasteiger charge is 2.34. The Morgan fingerprint density at radius 2 is 1.76 bits per heavy atom. The van der Waals surface area contributed by atoms with E-state index in [1.807, 2.05) is 13.0 Å². The lowest BCUT2D eigenvalue weighted by Gasteiger charge is -2.13. The molecule has 0 saturated heterocycles. The van der Waals surface area contributed by atoms with E-state index in [2.05, 4.69) is 0 Å². The number of ether oxygens (including phenoxy) is 2. The van der Waals surface area contributed by atoms with Crippen LogP contribution in [0.25, 0.3) is 0 Å². The van der Waals surface area contributed by atoms with Crippen molar-refractivity contribution in [2.24, 2.45) is 0 Å². The molecule has 7 heteroatoms. The normalized spacial score (nSPS) is 12.5.